The van der Waals surface area contributed by atoms with E-state index in [0.717, 1.165) is 0 Å². The Kier molecular flexibility index (Phi) is 5.44. The number of fused-ring (bicyclic) bond motifs is 1. The number of esters is 2. The largest absolute Gasteiger partial charge is 0.488 e. The van der Waals surface area contributed by atoms with E-state index in [1.807, 2.05) is 0 Å². The summed E-state index contributed by atoms with van der Waals surface area (Å²) in [5.74, 6) is -1.04. The fourth-order valence-corrected chi connectivity index (χ4v) is 3.24. The normalized spacial score (nSPS) is 19.1. The Morgan fingerprint density at radius 1 is 1.27 bits per heavy atom. The van der Waals surface area contributed by atoms with E-state index in [4.69, 9.17) is 42.1 Å². The van der Waals surface area contributed by atoms with Crippen LogP contribution in [-0.2, 0) is 23.8 Å². The molecule has 0 spiro atoms. The third-order valence-corrected chi connectivity index (χ3v) is 4.54. The minimum Gasteiger partial charge on any atom is -0.488 e. The number of ether oxygens (including phenoxy) is 4. The van der Waals surface area contributed by atoms with E-state index in [1.165, 1.54) is 0 Å². The molecule has 0 radical (unpaired) electrons. The first-order valence-corrected chi connectivity index (χ1v) is 8.79. The van der Waals surface area contributed by atoms with Crippen molar-refractivity contribution in [3.8, 4) is 5.75 Å². The van der Waals surface area contributed by atoms with Gasteiger partial charge in [-0.2, -0.15) is 0 Å². The third kappa shape index (κ3) is 3.27. The molecule has 6 nitrogen and oxygen atoms in total. The van der Waals surface area contributed by atoms with Crippen LogP contribution in [0.1, 0.15) is 19.4 Å². The van der Waals surface area contributed by atoms with E-state index in [1.54, 1.807) is 32.0 Å². The maximum Gasteiger partial charge on any atom is 0.375 e. The van der Waals surface area contributed by atoms with Crippen LogP contribution in [0.3, 0.4) is 0 Å². The molecule has 26 heavy (non-hydrogen) atoms. The molecule has 0 aromatic heterocycles. The van der Waals surface area contributed by atoms with Gasteiger partial charge in [-0.05, 0) is 32.0 Å². The minimum absolute atomic E-state index is 0.0130. The van der Waals surface area contributed by atoms with E-state index in [2.05, 4.69) is 0 Å². The monoisotopic (exact) mass is 398 g/mol. The van der Waals surface area contributed by atoms with Gasteiger partial charge in [-0.3, -0.25) is 0 Å². The van der Waals surface area contributed by atoms with Gasteiger partial charge < -0.3 is 18.9 Å². The Balaban J connectivity index is 2.08. The Hall–Kier alpha value is -2.18. The molecule has 1 aromatic rings. The molecule has 8 heteroatoms. The SMILES string of the molecule is CCOC(=O)C1=C(OCC)C(=O)OC1C1=C(Cl)c2cc(Cl)ccc2OC1. The Labute approximate surface area is 160 Å². The molecule has 0 N–H and O–H groups in total. The second-order valence-corrected chi connectivity index (χ2v) is 6.26. The quantitative estimate of drug-likeness (QED) is 0.707. The molecular formula is C18H16Cl2O6. The summed E-state index contributed by atoms with van der Waals surface area (Å²) in [5.41, 5.74) is 0.970. The number of carbonyl (C=O) groups is 2. The van der Waals surface area contributed by atoms with Crippen LogP contribution in [0.15, 0.2) is 35.1 Å². The first-order chi connectivity index (χ1) is 12.5. The van der Waals surface area contributed by atoms with Gasteiger partial charge in [-0.15, -0.1) is 0 Å². The summed E-state index contributed by atoms with van der Waals surface area (Å²) in [4.78, 5) is 24.6. The van der Waals surface area contributed by atoms with Crippen LogP contribution < -0.4 is 4.74 Å². The molecule has 0 fully saturated rings. The summed E-state index contributed by atoms with van der Waals surface area (Å²) in [5, 5.41) is 0.789. The van der Waals surface area contributed by atoms with Gasteiger partial charge in [-0.1, -0.05) is 23.2 Å². The number of carbonyl (C=O) groups excluding carboxylic acids is 2. The number of cyclic esters (lactones) is 1. The van der Waals surface area contributed by atoms with Crippen LogP contribution in [-0.4, -0.2) is 37.9 Å². The van der Waals surface area contributed by atoms with Gasteiger partial charge in [0.1, 0.15) is 17.9 Å². The Bertz CT molecular complexity index is 827. The van der Waals surface area contributed by atoms with E-state index < -0.39 is 18.0 Å². The van der Waals surface area contributed by atoms with Crippen molar-refractivity contribution >= 4 is 40.2 Å². The van der Waals surface area contributed by atoms with Gasteiger partial charge in [0.25, 0.3) is 0 Å². The van der Waals surface area contributed by atoms with Gasteiger partial charge in [0, 0.05) is 16.2 Å². The topological polar surface area (TPSA) is 71.1 Å². The number of rotatable bonds is 5. The lowest BCUT2D eigenvalue weighted by atomic mass is 9.97. The average Bonchev–Trinajstić information content (AvgIpc) is 2.93. The zero-order chi connectivity index (χ0) is 18.8. The molecule has 2 heterocycles. The highest BCUT2D eigenvalue weighted by atomic mass is 35.5. The summed E-state index contributed by atoms with van der Waals surface area (Å²) >= 11 is 12.6. The van der Waals surface area contributed by atoms with Gasteiger partial charge in [0.15, 0.2) is 6.10 Å². The smallest absolute Gasteiger partial charge is 0.375 e. The summed E-state index contributed by atoms with van der Waals surface area (Å²) in [6, 6.07) is 5.03. The van der Waals surface area contributed by atoms with Crippen molar-refractivity contribution in [1.82, 2.24) is 0 Å². The minimum atomic E-state index is -1.04. The molecule has 1 aromatic carbocycles. The second-order valence-electron chi connectivity index (χ2n) is 5.45. The van der Waals surface area contributed by atoms with Crippen LogP contribution in [0.25, 0.3) is 5.03 Å². The maximum absolute atomic E-state index is 12.4. The first kappa shape index (κ1) is 18.6. The third-order valence-electron chi connectivity index (χ3n) is 3.86. The lowest BCUT2D eigenvalue weighted by molar-refractivity contribution is -0.142. The number of halogens is 2. The number of hydrogen-bond acceptors (Lipinski definition) is 6. The summed E-state index contributed by atoms with van der Waals surface area (Å²) in [6.45, 7) is 3.75. The standard InChI is InChI=1S/C18H16Cl2O6/c1-3-23-16-13(17(21)24-4-2)15(26-18(16)22)11-8-25-12-6-5-9(19)7-10(12)14(11)20/h5-7,15H,3-4,8H2,1-2H3. The van der Waals surface area contributed by atoms with Crippen molar-refractivity contribution in [2.45, 2.75) is 20.0 Å². The number of benzene rings is 1. The highest BCUT2D eigenvalue weighted by molar-refractivity contribution is 6.50. The van der Waals surface area contributed by atoms with Crippen molar-refractivity contribution < 1.29 is 28.5 Å². The van der Waals surface area contributed by atoms with Crippen LogP contribution in [0.5, 0.6) is 5.75 Å². The van der Waals surface area contributed by atoms with Crippen LogP contribution in [0.4, 0.5) is 0 Å². The molecule has 0 saturated heterocycles. The van der Waals surface area contributed by atoms with Gasteiger partial charge in [-0.25, -0.2) is 9.59 Å². The molecule has 0 saturated carbocycles. The molecule has 1 atom stereocenters. The molecule has 0 bridgehead atoms. The van der Waals surface area contributed by atoms with Crippen LogP contribution in [0.2, 0.25) is 5.02 Å². The highest BCUT2D eigenvalue weighted by Crippen LogP contribution is 2.42. The van der Waals surface area contributed by atoms with Crippen molar-refractivity contribution in [1.29, 1.82) is 0 Å². The maximum atomic E-state index is 12.4. The van der Waals surface area contributed by atoms with Crippen molar-refractivity contribution in [3.63, 3.8) is 0 Å². The fraction of sp³-hybridized carbons (Fsp3) is 0.333. The van der Waals surface area contributed by atoms with Gasteiger partial charge >= 0.3 is 11.9 Å². The van der Waals surface area contributed by atoms with Crippen molar-refractivity contribution in [2.24, 2.45) is 0 Å². The summed E-state index contributed by atoms with van der Waals surface area (Å²) in [7, 11) is 0. The number of hydrogen-bond donors (Lipinski definition) is 0. The van der Waals surface area contributed by atoms with E-state index >= 15 is 0 Å². The molecule has 138 valence electrons. The van der Waals surface area contributed by atoms with E-state index in [-0.39, 0.29) is 31.2 Å². The summed E-state index contributed by atoms with van der Waals surface area (Å²) < 4.78 is 21.4. The summed E-state index contributed by atoms with van der Waals surface area (Å²) in [6.07, 6.45) is -1.04. The van der Waals surface area contributed by atoms with E-state index in [0.29, 0.717) is 26.9 Å². The Morgan fingerprint density at radius 3 is 2.73 bits per heavy atom. The molecule has 2 aliphatic rings. The lowest BCUT2D eigenvalue weighted by Gasteiger charge is -2.24. The highest BCUT2D eigenvalue weighted by Gasteiger charge is 2.44. The van der Waals surface area contributed by atoms with Crippen LogP contribution >= 0.6 is 23.2 Å². The molecular weight excluding hydrogens is 383 g/mol. The van der Waals surface area contributed by atoms with Crippen molar-refractivity contribution in [3.05, 3.63) is 45.7 Å². The van der Waals surface area contributed by atoms with Gasteiger partial charge in [0.2, 0.25) is 5.76 Å². The molecule has 3 rings (SSSR count). The first-order valence-electron chi connectivity index (χ1n) is 8.04. The fourth-order valence-electron chi connectivity index (χ4n) is 2.77. The lowest BCUT2D eigenvalue weighted by Crippen LogP contribution is -2.27. The molecule has 0 amide bonds. The van der Waals surface area contributed by atoms with Gasteiger partial charge in [0.05, 0.1) is 18.2 Å². The zero-order valence-corrected chi connectivity index (χ0v) is 15.6. The molecule has 1 unspecified atom stereocenters. The Morgan fingerprint density at radius 2 is 2.04 bits per heavy atom. The van der Waals surface area contributed by atoms with Crippen LogP contribution in [0, 0.1) is 0 Å². The van der Waals surface area contributed by atoms with Crippen molar-refractivity contribution in [2.75, 3.05) is 19.8 Å². The van der Waals surface area contributed by atoms with E-state index in [9.17, 15) is 9.59 Å². The second kappa shape index (κ2) is 7.60. The predicted octanol–water partition coefficient (Wildman–Crippen LogP) is 3.46. The zero-order valence-electron chi connectivity index (χ0n) is 14.1. The average molecular weight is 399 g/mol. The molecule has 2 aliphatic heterocycles. The predicted molar refractivity (Wildman–Crippen MR) is 94.9 cm³/mol. The molecule has 0 aliphatic carbocycles.